The summed E-state index contributed by atoms with van der Waals surface area (Å²) in [5.74, 6) is 0.438. The van der Waals surface area contributed by atoms with E-state index in [1.54, 1.807) is 20.8 Å². The van der Waals surface area contributed by atoms with E-state index in [-0.39, 0.29) is 0 Å². The molecule has 3 aromatic carbocycles. The molecule has 0 saturated carbocycles. The molecule has 0 radical (unpaired) electrons. The zero-order valence-corrected chi connectivity index (χ0v) is 25.2. The first kappa shape index (κ1) is 26.4. The second-order valence-corrected chi connectivity index (χ2v) is 14.9. The Balaban J connectivity index is 2.29. The van der Waals surface area contributed by atoms with Crippen molar-refractivity contribution in [1.29, 1.82) is 0 Å². The molecule has 0 spiro atoms. The van der Waals surface area contributed by atoms with Crippen LogP contribution in [-0.2, 0) is 12.8 Å². The van der Waals surface area contributed by atoms with E-state index in [1.807, 2.05) is 0 Å². The fourth-order valence-electron chi connectivity index (χ4n) is 6.73. The Morgan fingerprint density at radius 3 is 1.44 bits per heavy atom. The molecule has 188 valence electrons. The second-order valence-electron chi connectivity index (χ2n) is 11.2. The van der Waals surface area contributed by atoms with Crippen molar-refractivity contribution in [3.8, 4) is 0 Å². The van der Waals surface area contributed by atoms with Gasteiger partial charge in [-0.25, -0.2) is 0 Å². The Bertz CT molecular complexity index is 1310. The second kappa shape index (κ2) is 10.0. The molecule has 0 aliphatic heterocycles. The van der Waals surface area contributed by atoms with E-state index in [9.17, 15) is 0 Å². The van der Waals surface area contributed by atoms with Crippen molar-refractivity contribution in [2.24, 2.45) is 5.92 Å². The van der Waals surface area contributed by atoms with Gasteiger partial charge < -0.3 is 0 Å². The van der Waals surface area contributed by atoms with Gasteiger partial charge in [0.1, 0.15) is 0 Å². The van der Waals surface area contributed by atoms with E-state index in [2.05, 4.69) is 124 Å². The van der Waals surface area contributed by atoms with E-state index in [4.69, 9.17) is 0 Å². The maximum atomic E-state index is 2.57. The molecule has 0 aromatic heterocycles. The third-order valence-electron chi connectivity index (χ3n) is 8.92. The monoisotopic (exact) mass is 492 g/mol. The number of aryl methyl sites for hydroxylation is 6. The summed E-state index contributed by atoms with van der Waals surface area (Å²) in [6.45, 7) is 23.3. The van der Waals surface area contributed by atoms with Crippen molar-refractivity contribution < 1.29 is 0 Å². The SMILES string of the molecule is CCc1cc(CC)cc([Si](C2=C(C)C(C)=C(C)C2C)(c2ccc(C)cc2C)c2ccc(C)cc2C)c1. The average molecular weight is 493 g/mol. The van der Waals surface area contributed by atoms with E-state index in [0.717, 1.165) is 12.8 Å². The van der Waals surface area contributed by atoms with Gasteiger partial charge in [-0.1, -0.05) is 114 Å². The predicted molar refractivity (Wildman–Crippen MR) is 162 cm³/mol. The maximum Gasteiger partial charge on any atom is 0.177 e. The maximum absolute atomic E-state index is 2.59. The van der Waals surface area contributed by atoms with Crippen LogP contribution in [0.15, 0.2) is 76.5 Å². The molecule has 1 aliphatic carbocycles. The summed E-state index contributed by atoms with van der Waals surface area (Å²) in [6.07, 6.45) is 2.13. The first-order valence-electron chi connectivity index (χ1n) is 13.7. The number of hydrogen-bond donors (Lipinski definition) is 0. The van der Waals surface area contributed by atoms with Crippen molar-refractivity contribution in [2.45, 2.75) is 82.1 Å². The van der Waals surface area contributed by atoms with Gasteiger partial charge in [-0.05, 0) is 99.5 Å². The lowest BCUT2D eigenvalue weighted by molar-refractivity contribution is 0.851. The van der Waals surface area contributed by atoms with Crippen molar-refractivity contribution in [1.82, 2.24) is 0 Å². The zero-order chi connectivity index (χ0) is 26.4. The fourth-order valence-corrected chi connectivity index (χ4v) is 12.9. The van der Waals surface area contributed by atoms with Gasteiger partial charge in [0.25, 0.3) is 0 Å². The number of allylic oxidation sites excluding steroid dienone is 4. The van der Waals surface area contributed by atoms with Crippen molar-refractivity contribution >= 4 is 23.6 Å². The summed E-state index contributed by atoms with van der Waals surface area (Å²) in [6, 6.07) is 22.1. The third kappa shape index (κ3) is 4.16. The van der Waals surface area contributed by atoms with Crippen LogP contribution in [0.2, 0.25) is 0 Å². The highest BCUT2D eigenvalue weighted by atomic mass is 28.3. The molecule has 0 bridgehead atoms. The molecule has 0 N–H and O–H groups in total. The van der Waals surface area contributed by atoms with Crippen LogP contribution in [0.25, 0.3) is 0 Å². The summed E-state index contributed by atoms with van der Waals surface area (Å²) in [5, 5.41) is 6.35. The Morgan fingerprint density at radius 2 is 1.08 bits per heavy atom. The topological polar surface area (TPSA) is 0 Å². The highest BCUT2D eigenvalue weighted by molar-refractivity contribution is 7.16. The highest BCUT2D eigenvalue weighted by Gasteiger charge is 2.49. The molecule has 0 saturated heterocycles. The van der Waals surface area contributed by atoms with Gasteiger partial charge >= 0.3 is 0 Å². The molecule has 0 amide bonds. The molecule has 36 heavy (non-hydrogen) atoms. The number of benzene rings is 3. The summed E-state index contributed by atoms with van der Waals surface area (Å²) in [7, 11) is -2.59. The first-order chi connectivity index (χ1) is 17.1. The Kier molecular flexibility index (Phi) is 7.35. The third-order valence-corrected chi connectivity index (χ3v) is 14.4. The van der Waals surface area contributed by atoms with Crippen LogP contribution in [0, 0.1) is 33.6 Å². The van der Waals surface area contributed by atoms with E-state index >= 15 is 0 Å². The van der Waals surface area contributed by atoms with Crippen LogP contribution in [0.5, 0.6) is 0 Å². The predicted octanol–water partition coefficient (Wildman–Crippen LogP) is 7.36. The molecular formula is C35H44Si. The van der Waals surface area contributed by atoms with Gasteiger partial charge in [-0.15, -0.1) is 0 Å². The van der Waals surface area contributed by atoms with Crippen LogP contribution < -0.4 is 15.6 Å². The fraction of sp³-hybridized carbons (Fsp3) is 0.371. The van der Waals surface area contributed by atoms with Gasteiger partial charge in [0, 0.05) is 0 Å². The van der Waals surface area contributed by atoms with Gasteiger partial charge in [-0.3, -0.25) is 0 Å². The van der Waals surface area contributed by atoms with E-state index in [1.165, 1.54) is 50.1 Å². The van der Waals surface area contributed by atoms with E-state index in [0.29, 0.717) is 5.92 Å². The quantitative estimate of drug-likeness (QED) is 0.249. The Labute approximate surface area is 221 Å². The van der Waals surface area contributed by atoms with Gasteiger partial charge in [-0.2, -0.15) is 0 Å². The molecule has 0 heterocycles. The molecule has 4 rings (SSSR count). The van der Waals surface area contributed by atoms with Crippen LogP contribution in [-0.4, -0.2) is 8.07 Å². The van der Waals surface area contributed by atoms with Gasteiger partial charge in [0.15, 0.2) is 8.07 Å². The lowest BCUT2D eigenvalue weighted by Gasteiger charge is -2.41. The molecule has 0 nitrogen and oxygen atoms in total. The molecule has 3 aromatic rings. The van der Waals surface area contributed by atoms with Crippen LogP contribution >= 0.6 is 0 Å². The Hall–Kier alpha value is -2.64. The van der Waals surface area contributed by atoms with Crippen molar-refractivity contribution in [3.63, 3.8) is 0 Å². The van der Waals surface area contributed by atoms with E-state index < -0.39 is 8.07 Å². The van der Waals surface area contributed by atoms with Crippen molar-refractivity contribution in [3.05, 3.63) is 110 Å². The molecule has 1 heteroatoms. The minimum absolute atomic E-state index is 0.438. The number of rotatable bonds is 6. The molecular weight excluding hydrogens is 448 g/mol. The van der Waals surface area contributed by atoms with Crippen LogP contribution in [0.4, 0.5) is 0 Å². The summed E-state index contributed by atoms with van der Waals surface area (Å²) in [4.78, 5) is 0. The van der Waals surface area contributed by atoms with Crippen molar-refractivity contribution in [2.75, 3.05) is 0 Å². The van der Waals surface area contributed by atoms with Gasteiger partial charge in [0.2, 0.25) is 0 Å². The largest absolute Gasteiger partial charge is 0.177 e. The van der Waals surface area contributed by atoms with Crippen LogP contribution in [0.3, 0.4) is 0 Å². The molecule has 1 aliphatic rings. The zero-order valence-electron chi connectivity index (χ0n) is 24.2. The molecule has 1 atom stereocenters. The molecule has 1 unspecified atom stereocenters. The Morgan fingerprint density at radius 1 is 0.611 bits per heavy atom. The lowest BCUT2D eigenvalue weighted by atomic mass is 10.1. The minimum Gasteiger partial charge on any atom is -0.0636 e. The first-order valence-corrected chi connectivity index (χ1v) is 15.7. The van der Waals surface area contributed by atoms with Gasteiger partial charge in [0.05, 0.1) is 0 Å². The minimum atomic E-state index is -2.59. The average Bonchev–Trinajstić information content (AvgIpc) is 3.04. The standard InChI is InChI=1S/C35H44Si/c1-11-30-19-31(12-2)21-32(20-30)36(33-15-13-22(3)17-24(33)5,34-16-14-23(4)18-25(34)6)35-28(9)26(7)27(8)29(35)10/h13-21,28H,11-12H2,1-10H3. The summed E-state index contributed by atoms with van der Waals surface area (Å²) in [5.41, 5.74) is 13.0. The normalized spacial score (nSPS) is 16.3. The van der Waals surface area contributed by atoms with Crippen LogP contribution in [0.1, 0.15) is 74.9 Å². The smallest absolute Gasteiger partial charge is 0.0636 e. The number of hydrogen-bond acceptors (Lipinski definition) is 0. The lowest BCUT2D eigenvalue weighted by Crippen LogP contribution is -2.71. The summed E-state index contributed by atoms with van der Waals surface area (Å²) < 4.78 is 0. The highest BCUT2D eigenvalue weighted by Crippen LogP contribution is 2.42. The molecule has 0 fully saturated rings. The summed E-state index contributed by atoms with van der Waals surface area (Å²) >= 11 is 0.